The summed E-state index contributed by atoms with van der Waals surface area (Å²) in [5, 5.41) is 5.71. The lowest BCUT2D eigenvalue weighted by Gasteiger charge is -2.44. The molecule has 8 heteroatoms. The Morgan fingerprint density at radius 3 is 2.21 bits per heavy atom. The Labute approximate surface area is 198 Å². The van der Waals surface area contributed by atoms with Gasteiger partial charge in [0.2, 0.25) is 11.8 Å². The summed E-state index contributed by atoms with van der Waals surface area (Å²) in [5.74, 6) is -1.09. The first-order valence-corrected chi connectivity index (χ1v) is 11.2. The molecule has 1 aliphatic heterocycles. The van der Waals surface area contributed by atoms with Crippen LogP contribution in [-0.4, -0.2) is 40.3 Å². The number of likely N-dealkylation sites (N-methyl/N-ethyl adjacent to an activating group) is 1. The number of nitrogens with two attached hydrogens (primary N) is 1. The number of hydrogen-bond acceptors (Lipinski definition) is 5. The van der Waals surface area contributed by atoms with Crippen LogP contribution in [0.5, 0.6) is 0 Å². The molecular weight excluding hydrogens is 430 g/mol. The number of carbonyl (C=O) groups is 3. The first-order valence-electron chi connectivity index (χ1n) is 11.2. The lowest BCUT2D eigenvalue weighted by molar-refractivity contribution is -0.157. The smallest absolute Gasteiger partial charge is 0.325 e. The van der Waals surface area contributed by atoms with Crippen LogP contribution in [0.25, 0.3) is 0 Å². The van der Waals surface area contributed by atoms with E-state index in [2.05, 4.69) is 15.6 Å². The van der Waals surface area contributed by atoms with Gasteiger partial charge in [-0.15, -0.1) is 0 Å². The van der Waals surface area contributed by atoms with Gasteiger partial charge in [-0.05, 0) is 42.2 Å². The number of carbonyl (C=O) groups excluding carboxylic acids is 3. The highest BCUT2D eigenvalue weighted by molar-refractivity contribution is 6.09. The first kappa shape index (κ1) is 23.0. The molecule has 1 saturated heterocycles. The normalized spacial score (nSPS) is 17.2. The molecule has 8 nitrogen and oxygen atoms in total. The van der Waals surface area contributed by atoms with Gasteiger partial charge in [-0.1, -0.05) is 60.7 Å². The summed E-state index contributed by atoms with van der Waals surface area (Å²) < 4.78 is 0. The maximum atomic E-state index is 13.3. The van der Waals surface area contributed by atoms with Crippen LogP contribution in [0.1, 0.15) is 29.7 Å². The highest BCUT2D eigenvalue weighted by Gasteiger charge is 2.54. The number of benzene rings is 2. The SMILES string of the molecule is CCNC(=O)[C@@H]1[C@@H](Cc2ccnc(N)c2)C(=O)N1C(=O)NC(c1ccccc1)c1ccccc1. The number of imide groups is 1. The number of urea groups is 1. The third-order valence-corrected chi connectivity index (χ3v) is 5.89. The van der Waals surface area contributed by atoms with E-state index in [1.807, 2.05) is 60.7 Å². The Morgan fingerprint density at radius 2 is 1.65 bits per heavy atom. The van der Waals surface area contributed by atoms with Gasteiger partial charge in [0, 0.05) is 12.7 Å². The number of amides is 4. The van der Waals surface area contributed by atoms with E-state index < -0.39 is 29.9 Å². The Balaban J connectivity index is 1.58. The molecule has 4 amide bonds. The van der Waals surface area contributed by atoms with Gasteiger partial charge in [-0.25, -0.2) is 9.78 Å². The quantitative estimate of drug-likeness (QED) is 0.472. The number of hydrogen-bond donors (Lipinski definition) is 3. The lowest BCUT2D eigenvalue weighted by Crippen LogP contribution is -2.70. The van der Waals surface area contributed by atoms with Crippen molar-refractivity contribution < 1.29 is 14.4 Å². The minimum atomic E-state index is -0.908. The predicted molar refractivity (Wildman–Crippen MR) is 128 cm³/mol. The van der Waals surface area contributed by atoms with E-state index in [1.165, 1.54) is 0 Å². The minimum Gasteiger partial charge on any atom is -0.384 e. The molecular formula is C26H27N5O3. The molecule has 0 radical (unpaired) electrons. The highest BCUT2D eigenvalue weighted by atomic mass is 16.2. The predicted octanol–water partition coefficient (Wildman–Crippen LogP) is 2.67. The van der Waals surface area contributed by atoms with E-state index in [9.17, 15) is 14.4 Å². The summed E-state index contributed by atoms with van der Waals surface area (Å²) in [6, 6.07) is 20.4. The summed E-state index contributed by atoms with van der Waals surface area (Å²) >= 11 is 0. The molecule has 2 heterocycles. The maximum absolute atomic E-state index is 13.3. The zero-order valence-electron chi connectivity index (χ0n) is 18.8. The van der Waals surface area contributed by atoms with E-state index in [-0.39, 0.29) is 12.3 Å². The molecule has 0 bridgehead atoms. The molecule has 0 aliphatic carbocycles. The van der Waals surface area contributed by atoms with Crippen LogP contribution in [0, 0.1) is 5.92 Å². The lowest BCUT2D eigenvalue weighted by atomic mass is 9.82. The van der Waals surface area contributed by atoms with Crippen molar-refractivity contribution in [3.05, 3.63) is 95.7 Å². The third-order valence-electron chi connectivity index (χ3n) is 5.89. The zero-order chi connectivity index (χ0) is 24.1. The van der Waals surface area contributed by atoms with Crippen molar-refractivity contribution >= 4 is 23.7 Å². The van der Waals surface area contributed by atoms with Crippen LogP contribution in [0.15, 0.2) is 79.0 Å². The summed E-state index contributed by atoms with van der Waals surface area (Å²) in [7, 11) is 0. The van der Waals surface area contributed by atoms with Crippen LogP contribution in [0.3, 0.4) is 0 Å². The molecule has 4 rings (SSSR count). The summed E-state index contributed by atoms with van der Waals surface area (Å²) in [4.78, 5) is 44.3. The summed E-state index contributed by atoms with van der Waals surface area (Å²) in [6.07, 6.45) is 1.85. The third kappa shape index (κ3) is 4.76. The minimum absolute atomic E-state index is 0.290. The number of rotatable bonds is 7. The van der Waals surface area contributed by atoms with Gasteiger partial charge < -0.3 is 16.4 Å². The van der Waals surface area contributed by atoms with E-state index in [0.717, 1.165) is 21.6 Å². The Bertz CT molecular complexity index is 1130. The van der Waals surface area contributed by atoms with Gasteiger partial charge in [0.05, 0.1) is 12.0 Å². The van der Waals surface area contributed by atoms with E-state index >= 15 is 0 Å². The van der Waals surface area contributed by atoms with Crippen LogP contribution >= 0.6 is 0 Å². The fourth-order valence-corrected chi connectivity index (χ4v) is 4.27. The number of likely N-dealkylation sites (tertiary alicyclic amines) is 1. The van der Waals surface area contributed by atoms with Gasteiger partial charge in [0.25, 0.3) is 0 Å². The zero-order valence-corrected chi connectivity index (χ0v) is 18.8. The number of nitrogen functional groups attached to an aromatic ring is 1. The van der Waals surface area contributed by atoms with Crippen molar-refractivity contribution in [3.63, 3.8) is 0 Å². The second-order valence-corrected chi connectivity index (χ2v) is 8.15. The highest BCUT2D eigenvalue weighted by Crippen LogP contribution is 2.32. The number of β-lactam (4-membered cyclic amide) rings is 1. The Hall–Kier alpha value is -4.20. The van der Waals surface area contributed by atoms with Crippen molar-refractivity contribution in [3.8, 4) is 0 Å². The largest absolute Gasteiger partial charge is 0.384 e. The van der Waals surface area contributed by atoms with Crippen LogP contribution in [-0.2, 0) is 16.0 Å². The standard InChI is InChI=1S/C26H27N5O3/c1-2-28-24(32)23-20(15-17-13-14-29-21(27)16-17)25(33)31(23)26(34)30-22(18-9-5-3-6-10-18)19-11-7-4-8-12-19/h3-14,16,20,22-23H,2,15H2,1H3,(H2,27,29)(H,28,32)(H,30,34)/t20-,23+/m1/s1. The monoisotopic (exact) mass is 457 g/mol. The second-order valence-electron chi connectivity index (χ2n) is 8.15. The fourth-order valence-electron chi connectivity index (χ4n) is 4.27. The molecule has 2 aromatic carbocycles. The Morgan fingerprint density at radius 1 is 1.03 bits per heavy atom. The van der Waals surface area contributed by atoms with Crippen molar-refractivity contribution in [1.29, 1.82) is 0 Å². The maximum Gasteiger partial charge on any atom is 0.325 e. The second kappa shape index (κ2) is 10.2. The van der Waals surface area contributed by atoms with Gasteiger partial charge >= 0.3 is 6.03 Å². The van der Waals surface area contributed by atoms with E-state index in [0.29, 0.717) is 12.4 Å². The van der Waals surface area contributed by atoms with Gasteiger partial charge in [-0.2, -0.15) is 0 Å². The van der Waals surface area contributed by atoms with Gasteiger partial charge in [0.1, 0.15) is 11.9 Å². The van der Waals surface area contributed by atoms with Crippen molar-refractivity contribution in [2.24, 2.45) is 5.92 Å². The number of pyridine rings is 1. The summed E-state index contributed by atoms with van der Waals surface area (Å²) in [5.41, 5.74) is 8.28. The average molecular weight is 458 g/mol. The number of aromatic nitrogens is 1. The number of anilines is 1. The molecule has 34 heavy (non-hydrogen) atoms. The van der Waals surface area contributed by atoms with Gasteiger partial charge in [-0.3, -0.25) is 14.5 Å². The van der Waals surface area contributed by atoms with Gasteiger partial charge in [0.15, 0.2) is 0 Å². The van der Waals surface area contributed by atoms with Crippen molar-refractivity contribution in [2.45, 2.75) is 25.4 Å². The molecule has 3 aromatic rings. The molecule has 0 spiro atoms. The molecule has 1 fully saturated rings. The molecule has 174 valence electrons. The molecule has 0 saturated carbocycles. The molecule has 1 aromatic heterocycles. The summed E-state index contributed by atoms with van der Waals surface area (Å²) in [6.45, 7) is 2.19. The topological polar surface area (TPSA) is 117 Å². The Kier molecular flexibility index (Phi) is 6.87. The van der Waals surface area contributed by atoms with E-state index in [1.54, 1.807) is 25.3 Å². The molecule has 2 atom stereocenters. The molecule has 1 aliphatic rings. The molecule has 0 unspecified atom stereocenters. The number of nitrogens with one attached hydrogen (secondary N) is 2. The van der Waals surface area contributed by atoms with Crippen molar-refractivity contribution in [1.82, 2.24) is 20.5 Å². The molecule has 4 N–H and O–H groups in total. The van der Waals surface area contributed by atoms with Crippen molar-refractivity contribution in [2.75, 3.05) is 12.3 Å². The van der Waals surface area contributed by atoms with E-state index in [4.69, 9.17) is 5.73 Å². The fraction of sp³-hybridized carbons (Fsp3) is 0.231. The van der Waals surface area contributed by atoms with Crippen LogP contribution in [0.2, 0.25) is 0 Å². The van der Waals surface area contributed by atoms with Crippen LogP contribution < -0.4 is 16.4 Å². The number of nitrogens with zero attached hydrogens (tertiary/aromatic N) is 2. The average Bonchev–Trinajstić information content (AvgIpc) is 2.85. The van der Waals surface area contributed by atoms with Crippen LogP contribution in [0.4, 0.5) is 10.6 Å². The first-order chi connectivity index (χ1) is 16.5.